The molecule has 1 aliphatic heterocycles. The van der Waals surface area contributed by atoms with E-state index in [-0.39, 0.29) is 23.4 Å². The molecule has 0 radical (unpaired) electrons. The van der Waals surface area contributed by atoms with E-state index >= 15 is 0 Å². The van der Waals surface area contributed by atoms with Crippen LogP contribution in [0.1, 0.15) is 72.0 Å². The van der Waals surface area contributed by atoms with Crippen LogP contribution in [0.2, 0.25) is 5.02 Å². The lowest BCUT2D eigenvalue weighted by atomic mass is 10.1. The van der Waals surface area contributed by atoms with E-state index in [1.54, 1.807) is 18.7 Å². The third-order valence-corrected chi connectivity index (χ3v) is 5.11. The van der Waals surface area contributed by atoms with Gasteiger partial charge < -0.3 is 14.4 Å². The summed E-state index contributed by atoms with van der Waals surface area (Å²) in [5.74, 6) is 0.819. The Bertz CT molecular complexity index is 871. The van der Waals surface area contributed by atoms with Crippen LogP contribution >= 0.6 is 11.6 Å². The Morgan fingerprint density at radius 2 is 2.12 bits per heavy atom. The Balaban J connectivity index is 1.96. The minimum Gasteiger partial charge on any atom is -0.337 e. The van der Waals surface area contributed by atoms with Crippen molar-refractivity contribution in [2.45, 2.75) is 52.5 Å². The summed E-state index contributed by atoms with van der Waals surface area (Å²) in [6.45, 7) is 7.88. The van der Waals surface area contributed by atoms with Gasteiger partial charge in [-0.1, -0.05) is 30.6 Å². The molecule has 25 heavy (non-hydrogen) atoms. The van der Waals surface area contributed by atoms with Crippen molar-refractivity contribution in [3.63, 3.8) is 0 Å². The normalized spacial score (nSPS) is 17.5. The highest BCUT2D eigenvalue weighted by Gasteiger charge is 2.36. The quantitative estimate of drug-likeness (QED) is 0.903. The van der Waals surface area contributed by atoms with Gasteiger partial charge in [0.05, 0.1) is 5.02 Å². The largest absolute Gasteiger partial charge is 0.337 e. The lowest BCUT2D eigenvalue weighted by Gasteiger charge is -2.22. The van der Waals surface area contributed by atoms with Crippen molar-refractivity contribution in [2.75, 3.05) is 6.54 Å². The first-order chi connectivity index (χ1) is 11.8. The molecule has 1 N–H and O–H groups in total. The minimum absolute atomic E-state index is 0.0751. The number of amides is 1. The van der Waals surface area contributed by atoms with Crippen LogP contribution in [0.25, 0.3) is 0 Å². The van der Waals surface area contributed by atoms with Crippen molar-refractivity contribution >= 4 is 17.5 Å². The number of nitrogens with one attached hydrogen (secondary N) is 1. The van der Waals surface area contributed by atoms with Crippen molar-refractivity contribution < 1.29 is 9.32 Å². The molecule has 1 atom stereocenters. The highest BCUT2D eigenvalue weighted by molar-refractivity contribution is 6.32. The summed E-state index contributed by atoms with van der Waals surface area (Å²) in [6, 6.07) is -0.314. The number of hydrogen-bond acceptors (Lipinski definition) is 5. The maximum atomic E-state index is 13.0. The molecule has 8 heteroatoms. The Labute approximate surface area is 150 Å². The van der Waals surface area contributed by atoms with Crippen LogP contribution in [0.15, 0.2) is 9.32 Å². The fraction of sp³-hybridized carbons (Fsp3) is 0.529. The van der Waals surface area contributed by atoms with Crippen LogP contribution in [-0.2, 0) is 0 Å². The van der Waals surface area contributed by atoms with E-state index < -0.39 is 5.56 Å². The molecular formula is C17H21ClN4O3. The number of rotatable bonds is 3. The highest BCUT2D eigenvalue weighted by Crippen LogP contribution is 2.33. The first-order valence-electron chi connectivity index (χ1n) is 8.34. The molecule has 134 valence electrons. The summed E-state index contributed by atoms with van der Waals surface area (Å²) in [5, 5.41) is 4.38. The summed E-state index contributed by atoms with van der Waals surface area (Å²) in [5.41, 5.74) is 0.693. The monoisotopic (exact) mass is 364 g/mol. The van der Waals surface area contributed by atoms with Crippen molar-refractivity contribution in [3.8, 4) is 0 Å². The van der Waals surface area contributed by atoms with Crippen LogP contribution in [-0.4, -0.2) is 32.5 Å². The number of carbonyl (C=O) groups excluding carboxylic acids is 1. The number of aromatic nitrogens is 3. The zero-order valence-corrected chi connectivity index (χ0v) is 15.5. The van der Waals surface area contributed by atoms with Gasteiger partial charge in [-0.15, -0.1) is 0 Å². The zero-order chi connectivity index (χ0) is 18.3. The van der Waals surface area contributed by atoms with E-state index in [9.17, 15) is 9.59 Å². The molecule has 3 heterocycles. The highest BCUT2D eigenvalue weighted by atomic mass is 35.5. The molecule has 7 nitrogen and oxygen atoms in total. The van der Waals surface area contributed by atoms with Crippen molar-refractivity contribution in [1.82, 2.24) is 20.0 Å². The van der Waals surface area contributed by atoms with Crippen molar-refractivity contribution in [2.24, 2.45) is 0 Å². The molecule has 1 fully saturated rings. The number of H-pyrrole nitrogens is 1. The maximum absolute atomic E-state index is 13.0. The summed E-state index contributed by atoms with van der Waals surface area (Å²) >= 11 is 6.22. The summed E-state index contributed by atoms with van der Waals surface area (Å²) in [6.07, 6.45) is 1.54. The summed E-state index contributed by atoms with van der Waals surface area (Å²) in [7, 11) is 0. The molecular weight excluding hydrogens is 344 g/mol. The number of aryl methyl sites for hydroxylation is 1. The predicted octanol–water partition coefficient (Wildman–Crippen LogP) is 3.13. The number of likely N-dealkylation sites (tertiary alicyclic amines) is 1. The second-order valence-corrected chi connectivity index (χ2v) is 7.07. The van der Waals surface area contributed by atoms with Gasteiger partial charge in [0.25, 0.3) is 11.5 Å². The van der Waals surface area contributed by atoms with Gasteiger partial charge in [0.2, 0.25) is 5.89 Å². The fourth-order valence-corrected chi connectivity index (χ4v) is 3.28. The Morgan fingerprint density at radius 1 is 1.40 bits per heavy atom. The molecule has 2 aromatic heterocycles. The van der Waals surface area contributed by atoms with E-state index in [0.29, 0.717) is 34.5 Å². The molecule has 1 unspecified atom stereocenters. The molecule has 0 aliphatic carbocycles. The second kappa shape index (κ2) is 6.63. The molecule has 1 saturated heterocycles. The number of nitrogens with zero attached hydrogens (tertiary/aromatic N) is 3. The fourth-order valence-electron chi connectivity index (χ4n) is 3.13. The summed E-state index contributed by atoms with van der Waals surface area (Å²) < 4.78 is 5.36. The standard InChI is InChI=1S/C17H21ClN4O3/c1-8(2)14-20-16(25-21-14)11-6-5-7-22(11)17(24)12-9(3)13(18)10(4)19-15(12)23/h8,11H,5-7H2,1-4H3,(H,19,23). The van der Waals surface area contributed by atoms with Gasteiger partial charge in [-0.25, -0.2) is 0 Å². The topological polar surface area (TPSA) is 92.1 Å². The molecule has 2 aromatic rings. The number of halogens is 1. The van der Waals surface area contributed by atoms with Crippen LogP contribution in [0.5, 0.6) is 0 Å². The van der Waals surface area contributed by atoms with E-state index in [0.717, 1.165) is 12.8 Å². The van der Waals surface area contributed by atoms with Gasteiger partial charge in [0.15, 0.2) is 5.82 Å². The van der Waals surface area contributed by atoms with E-state index in [2.05, 4.69) is 15.1 Å². The second-order valence-electron chi connectivity index (χ2n) is 6.70. The predicted molar refractivity (Wildman–Crippen MR) is 92.9 cm³/mol. The molecule has 1 amide bonds. The van der Waals surface area contributed by atoms with E-state index in [4.69, 9.17) is 16.1 Å². The van der Waals surface area contributed by atoms with Crippen LogP contribution in [0.3, 0.4) is 0 Å². The first-order valence-corrected chi connectivity index (χ1v) is 8.72. The zero-order valence-electron chi connectivity index (χ0n) is 14.7. The van der Waals surface area contributed by atoms with Gasteiger partial charge in [0, 0.05) is 18.2 Å². The number of pyridine rings is 1. The van der Waals surface area contributed by atoms with Gasteiger partial charge in [-0.2, -0.15) is 4.98 Å². The molecule has 1 aliphatic rings. The van der Waals surface area contributed by atoms with Crippen molar-refractivity contribution in [1.29, 1.82) is 0 Å². The molecule has 0 spiro atoms. The lowest BCUT2D eigenvalue weighted by molar-refractivity contribution is 0.0707. The molecule has 0 saturated carbocycles. The first kappa shape index (κ1) is 17.7. The lowest BCUT2D eigenvalue weighted by Crippen LogP contribution is -2.35. The Morgan fingerprint density at radius 3 is 2.76 bits per heavy atom. The third kappa shape index (κ3) is 3.08. The maximum Gasteiger partial charge on any atom is 0.261 e. The molecule has 0 bridgehead atoms. The van der Waals surface area contributed by atoms with Crippen LogP contribution in [0.4, 0.5) is 0 Å². The van der Waals surface area contributed by atoms with E-state index in [1.807, 2.05) is 13.8 Å². The molecule has 0 aromatic carbocycles. The van der Waals surface area contributed by atoms with Crippen molar-refractivity contribution in [3.05, 3.63) is 43.9 Å². The Hall–Kier alpha value is -2.15. The number of carbonyl (C=O) groups is 1. The van der Waals surface area contributed by atoms with Gasteiger partial charge >= 0.3 is 0 Å². The average Bonchev–Trinajstić information content (AvgIpc) is 3.21. The van der Waals surface area contributed by atoms with Gasteiger partial charge in [0.1, 0.15) is 11.6 Å². The SMILES string of the molecule is Cc1[nH]c(=O)c(C(=O)N2CCCC2c2nc(C(C)C)no2)c(C)c1Cl. The average molecular weight is 365 g/mol. The number of aromatic amines is 1. The smallest absolute Gasteiger partial charge is 0.261 e. The van der Waals surface area contributed by atoms with Gasteiger partial charge in [-0.3, -0.25) is 9.59 Å². The molecule has 3 rings (SSSR count). The number of hydrogen-bond donors (Lipinski definition) is 1. The summed E-state index contributed by atoms with van der Waals surface area (Å²) in [4.78, 5) is 34.0. The van der Waals surface area contributed by atoms with Crippen LogP contribution < -0.4 is 5.56 Å². The Kier molecular flexibility index (Phi) is 4.69. The van der Waals surface area contributed by atoms with Crippen LogP contribution in [0, 0.1) is 13.8 Å². The van der Waals surface area contributed by atoms with Gasteiger partial charge in [-0.05, 0) is 32.3 Å². The minimum atomic E-state index is -0.427. The third-order valence-electron chi connectivity index (χ3n) is 4.55. The van der Waals surface area contributed by atoms with E-state index in [1.165, 1.54) is 0 Å².